The summed E-state index contributed by atoms with van der Waals surface area (Å²) in [7, 11) is 0. The summed E-state index contributed by atoms with van der Waals surface area (Å²) in [5.74, 6) is 0.527. The van der Waals surface area contributed by atoms with E-state index in [4.69, 9.17) is 10.2 Å². The molecule has 0 spiro atoms. The fourth-order valence-corrected chi connectivity index (χ4v) is 3.33. The van der Waals surface area contributed by atoms with Crippen molar-refractivity contribution in [3.63, 3.8) is 0 Å². The number of amides is 1. The van der Waals surface area contributed by atoms with Gasteiger partial charge in [-0.2, -0.15) is 0 Å². The third-order valence-electron chi connectivity index (χ3n) is 4.58. The second-order valence-corrected chi connectivity index (χ2v) is 6.21. The van der Waals surface area contributed by atoms with Gasteiger partial charge in [-0.15, -0.1) is 0 Å². The van der Waals surface area contributed by atoms with Crippen LogP contribution in [0.25, 0.3) is 22.6 Å². The van der Waals surface area contributed by atoms with E-state index in [1.807, 2.05) is 18.2 Å². The number of primary amides is 1. The second kappa shape index (κ2) is 6.09. The number of para-hydroxylation sites is 1. The lowest BCUT2D eigenvalue weighted by Gasteiger charge is -2.23. The third kappa shape index (κ3) is 2.67. The summed E-state index contributed by atoms with van der Waals surface area (Å²) in [6, 6.07) is 13.5. The van der Waals surface area contributed by atoms with E-state index >= 15 is 0 Å². The molecule has 1 saturated heterocycles. The number of fused-ring (bicyclic) bond motifs is 1. The molecule has 24 heavy (non-hydrogen) atoms. The van der Waals surface area contributed by atoms with Crippen LogP contribution in [0.5, 0.6) is 0 Å². The van der Waals surface area contributed by atoms with Crippen molar-refractivity contribution >= 4 is 17.0 Å². The number of hydrogen-bond acceptors (Lipinski definition) is 4. The first-order chi connectivity index (χ1) is 11.7. The Hall–Kier alpha value is -2.66. The Morgan fingerprint density at radius 1 is 1.25 bits per heavy atom. The monoisotopic (exact) mass is 321 g/mol. The molecule has 1 fully saturated rings. The van der Waals surface area contributed by atoms with E-state index in [0.717, 1.165) is 18.7 Å². The maximum Gasteiger partial charge on any atom is 0.252 e. The lowest BCUT2D eigenvalue weighted by molar-refractivity contribution is 0.100. The molecule has 0 radical (unpaired) electrons. The van der Waals surface area contributed by atoms with Crippen LogP contribution in [0, 0.1) is 0 Å². The molecule has 1 aromatic heterocycles. The molecule has 1 atom stereocenters. The average molecular weight is 321 g/mol. The fraction of sp³-hybridized carbons (Fsp3) is 0.263. The lowest BCUT2D eigenvalue weighted by atomic mass is 9.91. The second-order valence-electron chi connectivity index (χ2n) is 6.21. The molecule has 0 aliphatic carbocycles. The predicted octanol–water partition coefficient (Wildman–Crippen LogP) is 3.06. The van der Waals surface area contributed by atoms with Gasteiger partial charge in [0.25, 0.3) is 5.91 Å². The summed E-state index contributed by atoms with van der Waals surface area (Å²) in [5, 5.41) is 3.44. The van der Waals surface area contributed by atoms with Crippen LogP contribution in [-0.2, 0) is 0 Å². The first kappa shape index (κ1) is 14.9. The number of piperidine rings is 1. The smallest absolute Gasteiger partial charge is 0.252 e. The molecule has 0 saturated carbocycles. The number of carbonyl (C=O) groups excluding carboxylic acids is 1. The van der Waals surface area contributed by atoms with Crippen LogP contribution < -0.4 is 11.1 Å². The van der Waals surface area contributed by atoms with E-state index in [-0.39, 0.29) is 0 Å². The minimum Gasteiger partial charge on any atom is -0.435 e. The van der Waals surface area contributed by atoms with E-state index in [9.17, 15) is 4.79 Å². The highest BCUT2D eigenvalue weighted by molar-refractivity contribution is 6.03. The number of benzene rings is 2. The average Bonchev–Trinajstić information content (AvgIpc) is 3.06. The number of carbonyl (C=O) groups is 1. The van der Waals surface area contributed by atoms with Gasteiger partial charge in [-0.3, -0.25) is 4.79 Å². The maximum absolute atomic E-state index is 11.5. The van der Waals surface area contributed by atoms with E-state index in [2.05, 4.69) is 22.4 Å². The molecular formula is C19H19N3O2. The molecular weight excluding hydrogens is 302 g/mol. The van der Waals surface area contributed by atoms with Gasteiger partial charge in [-0.25, -0.2) is 4.98 Å². The van der Waals surface area contributed by atoms with Crippen LogP contribution in [0.15, 0.2) is 46.9 Å². The van der Waals surface area contributed by atoms with Gasteiger partial charge in [0.2, 0.25) is 5.89 Å². The van der Waals surface area contributed by atoms with Gasteiger partial charge in [-0.1, -0.05) is 18.2 Å². The number of nitrogens with zero attached hydrogens (tertiary/aromatic N) is 1. The quantitative estimate of drug-likeness (QED) is 0.777. The first-order valence-electron chi connectivity index (χ1n) is 8.23. The zero-order chi connectivity index (χ0) is 16.5. The van der Waals surface area contributed by atoms with Crippen molar-refractivity contribution < 1.29 is 9.21 Å². The summed E-state index contributed by atoms with van der Waals surface area (Å²) in [6.07, 6.45) is 2.38. The number of nitrogens with two attached hydrogens (primary N) is 1. The molecule has 122 valence electrons. The molecule has 2 heterocycles. The van der Waals surface area contributed by atoms with E-state index in [1.54, 1.807) is 12.1 Å². The van der Waals surface area contributed by atoms with Crippen molar-refractivity contribution in [2.24, 2.45) is 5.73 Å². The Bertz CT molecular complexity index is 895. The summed E-state index contributed by atoms with van der Waals surface area (Å²) in [4.78, 5) is 16.1. The van der Waals surface area contributed by atoms with Crippen LogP contribution >= 0.6 is 0 Å². The fourth-order valence-electron chi connectivity index (χ4n) is 3.33. The number of oxazole rings is 1. The minimum atomic E-state index is -0.509. The Balaban J connectivity index is 1.74. The molecule has 0 bridgehead atoms. The van der Waals surface area contributed by atoms with Crippen LogP contribution in [0.1, 0.15) is 34.7 Å². The van der Waals surface area contributed by atoms with Gasteiger partial charge in [-0.05, 0) is 55.1 Å². The van der Waals surface area contributed by atoms with Crippen molar-refractivity contribution in [1.29, 1.82) is 0 Å². The van der Waals surface area contributed by atoms with E-state index in [0.29, 0.717) is 28.5 Å². The van der Waals surface area contributed by atoms with Gasteiger partial charge in [0, 0.05) is 12.1 Å². The maximum atomic E-state index is 11.5. The molecule has 5 heteroatoms. The molecule has 3 N–H and O–H groups in total. The number of nitrogens with one attached hydrogen (secondary N) is 1. The summed E-state index contributed by atoms with van der Waals surface area (Å²) < 4.78 is 5.86. The zero-order valence-corrected chi connectivity index (χ0v) is 13.3. The number of hydrogen-bond donors (Lipinski definition) is 2. The van der Waals surface area contributed by atoms with Crippen LogP contribution in [0.2, 0.25) is 0 Å². The Morgan fingerprint density at radius 2 is 2.12 bits per heavy atom. The minimum absolute atomic E-state index is 0.360. The molecule has 1 unspecified atom stereocenters. The van der Waals surface area contributed by atoms with Crippen molar-refractivity contribution in [3.05, 3.63) is 53.6 Å². The molecule has 1 aliphatic heterocycles. The molecule has 5 nitrogen and oxygen atoms in total. The van der Waals surface area contributed by atoms with Gasteiger partial charge < -0.3 is 15.5 Å². The van der Waals surface area contributed by atoms with Crippen molar-refractivity contribution in [2.45, 2.75) is 18.8 Å². The van der Waals surface area contributed by atoms with Crippen LogP contribution in [0.4, 0.5) is 0 Å². The van der Waals surface area contributed by atoms with Crippen LogP contribution in [0.3, 0.4) is 0 Å². The normalized spacial score (nSPS) is 17.9. The molecule has 3 aromatic rings. The topological polar surface area (TPSA) is 81.2 Å². The zero-order valence-electron chi connectivity index (χ0n) is 13.3. The molecule has 4 rings (SSSR count). The highest BCUT2D eigenvalue weighted by Crippen LogP contribution is 2.30. The Kier molecular flexibility index (Phi) is 3.78. The van der Waals surface area contributed by atoms with Gasteiger partial charge in [0.05, 0.1) is 5.56 Å². The first-order valence-corrected chi connectivity index (χ1v) is 8.23. The SMILES string of the molecule is NC(=O)c1cccc2nc(-c3cccc(C4CCCNC4)c3)oc12. The third-order valence-corrected chi connectivity index (χ3v) is 4.58. The standard InChI is InChI=1S/C19H19N3O2/c20-18(23)15-7-2-8-16-17(15)24-19(22-16)13-5-1-4-12(10-13)14-6-3-9-21-11-14/h1-2,4-5,7-8,10,14,21H,3,6,9,11H2,(H2,20,23). The summed E-state index contributed by atoms with van der Waals surface area (Å²) >= 11 is 0. The molecule has 1 amide bonds. The summed E-state index contributed by atoms with van der Waals surface area (Å²) in [6.45, 7) is 2.10. The number of aromatic nitrogens is 1. The van der Waals surface area contributed by atoms with E-state index < -0.39 is 5.91 Å². The molecule has 2 aromatic carbocycles. The largest absolute Gasteiger partial charge is 0.435 e. The van der Waals surface area contributed by atoms with Crippen molar-refractivity contribution in [2.75, 3.05) is 13.1 Å². The van der Waals surface area contributed by atoms with Crippen LogP contribution in [-0.4, -0.2) is 24.0 Å². The van der Waals surface area contributed by atoms with Gasteiger partial charge in [0.15, 0.2) is 5.58 Å². The Labute approximate surface area is 139 Å². The van der Waals surface area contributed by atoms with E-state index in [1.165, 1.54) is 18.4 Å². The highest BCUT2D eigenvalue weighted by atomic mass is 16.3. The highest BCUT2D eigenvalue weighted by Gasteiger charge is 2.18. The number of rotatable bonds is 3. The Morgan fingerprint density at radius 3 is 2.92 bits per heavy atom. The van der Waals surface area contributed by atoms with Gasteiger partial charge >= 0.3 is 0 Å². The predicted molar refractivity (Wildman–Crippen MR) is 92.8 cm³/mol. The van der Waals surface area contributed by atoms with Gasteiger partial charge in [0.1, 0.15) is 5.52 Å². The van der Waals surface area contributed by atoms with Crippen molar-refractivity contribution in [3.8, 4) is 11.5 Å². The molecule has 1 aliphatic rings. The lowest BCUT2D eigenvalue weighted by Crippen LogP contribution is -2.28. The van der Waals surface area contributed by atoms with Crippen molar-refractivity contribution in [1.82, 2.24) is 10.3 Å². The summed E-state index contributed by atoms with van der Waals surface area (Å²) in [5.41, 5.74) is 9.08.